The summed E-state index contributed by atoms with van der Waals surface area (Å²) in [4.78, 5) is 4.70. The van der Waals surface area contributed by atoms with E-state index < -0.39 is 0 Å². The number of fused-ring (bicyclic) bond motifs is 1. The molecule has 0 spiro atoms. The fraction of sp³-hybridized carbons (Fsp3) is 0.533. The fourth-order valence-electron chi connectivity index (χ4n) is 2.48. The van der Waals surface area contributed by atoms with Crippen molar-refractivity contribution in [3.8, 4) is 0 Å². The summed E-state index contributed by atoms with van der Waals surface area (Å²) in [5, 5.41) is 3.57. The molecule has 0 bridgehead atoms. The molecule has 1 fully saturated rings. The number of rotatable bonds is 6. The lowest BCUT2D eigenvalue weighted by molar-refractivity contribution is 0.574. The monoisotopic (exact) mass is 243 g/mol. The Bertz CT molecular complexity index is 526. The molecule has 1 aromatic heterocycles. The summed E-state index contributed by atoms with van der Waals surface area (Å²) in [7, 11) is 0. The lowest BCUT2D eigenvalue weighted by Gasteiger charge is -2.08. The molecule has 18 heavy (non-hydrogen) atoms. The van der Waals surface area contributed by atoms with Gasteiger partial charge in [-0.25, -0.2) is 4.98 Å². The van der Waals surface area contributed by atoms with E-state index in [1.165, 1.54) is 30.6 Å². The summed E-state index contributed by atoms with van der Waals surface area (Å²) >= 11 is 0. The molecule has 0 saturated heterocycles. The highest BCUT2D eigenvalue weighted by Crippen LogP contribution is 2.19. The van der Waals surface area contributed by atoms with Crippen molar-refractivity contribution < 1.29 is 0 Å². The van der Waals surface area contributed by atoms with Crippen molar-refractivity contribution in [2.24, 2.45) is 0 Å². The molecule has 0 amide bonds. The third-order valence-corrected chi connectivity index (χ3v) is 3.62. The predicted molar refractivity (Wildman–Crippen MR) is 74.8 cm³/mol. The van der Waals surface area contributed by atoms with Gasteiger partial charge in [0.05, 0.1) is 11.0 Å². The average molecular weight is 243 g/mol. The van der Waals surface area contributed by atoms with E-state index in [9.17, 15) is 0 Å². The summed E-state index contributed by atoms with van der Waals surface area (Å²) < 4.78 is 2.38. The molecule has 0 aliphatic heterocycles. The second-order valence-electron chi connectivity index (χ2n) is 5.10. The maximum absolute atomic E-state index is 4.70. The molecule has 1 aromatic carbocycles. The number of hydrogen-bond acceptors (Lipinski definition) is 2. The van der Waals surface area contributed by atoms with E-state index in [1.807, 2.05) is 0 Å². The molecule has 0 radical (unpaired) electrons. The first-order valence-corrected chi connectivity index (χ1v) is 7.06. The van der Waals surface area contributed by atoms with Gasteiger partial charge in [-0.15, -0.1) is 0 Å². The van der Waals surface area contributed by atoms with Crippen LogP contribution in [-0.4, -0.2) is 22.1 Å². The Balaban J connectivity index is 1.71. The number of imidazole rings is 1. The van der Waals surface area contributed by atoms with Crippen LogP contribution in [0.2, 0.25) is 0 Å². The van der Waals surface area contributed by atoms with E-state index in [2.05, 4.69) is 41.1 Å². The third kappa shape index (κ3) is 2.41. The van der Waals surface area contributed by atoms with E-state index in [0.717, 1.165) is 31.1 Å². The Morgan fingerprint density at radius 3 is 2.94 bits per heavy atom. The molecule has 1 aliphatic carbocycles. The molecule has 1 saturated carbocycles. The van der Waals surface area contributed by atoms with Crippen LogP contribution in [-0.2, 0) is 13.0 Å². The molecular formula is C15H21N3. The highest BCUT2D eigenvalue weighted by Gasteiger charge is 2.19. The average Bonchev–Trinajstić information content (AvgIpc) is 3.15. The second kappa shape index (κ2) is 5.11. The Hall–Kier alpha value is -1.35. The molecule has 1 heterocycles. The van der Waals surface area contributed by atoms with E-state index in [4.69, 9.17) is 4.98 Å². The summed E-state index contributed by atoms with van der Waals surface area (Å²) in [5.74, 6) is 1.21. The molecule has 96 valence electrons. The van der Waals surface area contributed by atoms with Gasteiger partial charge in [-0.2, -0.15) is 0 Å². The van der Waals surface area contributed by atoms with E-state index >= 15 is 0 Å². The summed E-state index contributed by atoms with van der Waals surface area (Å²) in [6, 6.07) is 9.26. The van der Waals surface area contributed by atoms with Crippen LogP contribution in [0.1, 0.15) is 32.0 Å². The predicted octanol–water partition coefficient (Wildman–Crippen LogP) is 2.74. The van der Waals surface area contributed by atoms with Crippen LogP contribution < -0.4 is 5.32 Å². The first-order chi connectivity index (χ1) is 8.88. The smallest absolute Gasteiger partial charge is 0.109 e. The van der Waals surface area contributed by atoms with Crippen molar-refractivity contribution >= 4 is 11.0 Å². The molecule has 1 N–H and O–H groups in total. The van der Waals surface area contributed by atoms with Gasteiger partial charge in [-0.05, 0) is 37.9 Å². The van der Waals surface area contributed by atoms with Crippen LogP contribution in [0.4, 0.5) is 0 Å². The summed E-state index contributed by atoms with van der Waals surface area (Å²) in [5.41, 5.74) is 2.41. The van der Waals surface area contributed by atoms with Gasteiger partial charge in [0.15, 0.2) is 0 Å². The SMILES string of the molecule is CCc1nc2ccccc2n1CCCNC1CC1. The molecule has 3 nitrogen and oxygen atoms in total. The van der Waals surface area contributed by atoms with Gasteiger partial charge in [0.1, 0.15) is 5.82 Å². The third-order valence-electron chi connectivity index (χ3n) is 3.62. The summed E-state index contributed by atoms with van der Waals surface area (Å²) in [6.07, 6.45) is 4.93. The highest BCUT2D eigenvalue weighted by molar-refractivity contribution is 5.75. The quantitative estimate of drug-likeness (QED) is 0.791. The molecule has 0 unspecified atom stereocenters. The first kappa shape index (κ1) is 11.7. The minimum atomic E-state index is 0.815. The lowest BCUT2D eigenvalue weighted by Crippen LogP contribution is -2.19. The Morgan fingerprint density at radius 1 is 1.33 bits per heavy atom. The summed E-state index contributed by atoms with van der Waals surface area (Å²) in [6.45, 7) is 4.38. The largest absolute Gasteiger partial charge is 0.328 e. The number of nitrogens with zero attached hydrogens (tertiary/aromatic N) is 2. The van der Waals surface area contributed by atoms with Gasteiger partial charge in [0, 0.05) is 19.0 Å². The number of para-hydroxylation sites is 2. The fourth-order valence-corrected chi connectivity index (χ4v) is 2.48. The number of benzene rings is 1. The lowest BCUT2D eigenvalue weighted by atomic mass is 10.3. The standard InChI is InChI=1S/C15H21N3/c1-2-15-17-13-6-3-4-7-14(13)18(15)11-5-10-16-12-8-9-12/h3-4,6-7,12,16H,2,5,8-11H2,1H3. The van der Waals surface area contributed by atoms with Gasteiger partial charge >= 0.3 is 0 Å². The van der Waals surface area contributed by atoms with Crippen LogP contribution >= 0.6 is 0 Å². The normalized spacial score (nSPS) is 15.4. The zero-order valence-electron chi connectivity index (χ0n) is 11.0. The maximum atomic E-state index is 4.70. The maximum Gasteiger partial charge on any atom is 0.109 e. The van der Waals surface area contributed by atoms with E-state index in [0.29, 0.717) is 0 Å². The number of nitrogens with one attached hydrogen (secondary N) is 1. The van der Waals surface area contributed by atoms with E-state index in [1.54, 1.807) is 0 Å². The molecular weight excluding hydrogens is 222 g/mol. The molecule has 3 heteroatoms. The van der Waals surface area contributed by atoms with Crippen LogP contribution in [0, 0.1) is 0 Å². The van der Waals surface area contributed by atoms with E-state index in [-0.39, 0.29) is 0 Å². The van der Waals surface area contributed by atoms with Gasteiger partial charge in [-0.3, -0.25) is 0 Å². The topological polar surface area (TPSA) is 29.9 Å². The molecule has 3 rings (SSSR count). The van der Waals surface area contributed by atoms with Crippen molar-refractivity contribution in [3.05, 3.63) is 30.1 Å². The van der Waals surface area contributed by atoms with Gasteiger partial charge < -0.3 is 9.88 Å². The molecule has 2 aromatic rings. The Labute approximate surface area is 108 Å². The minimum absolute atomic E-state index is 0.815. The van der Waals surface area contributed by atoms with Gasteiger partial charge in [-0.1, -0.05) is 19.1 Å². The molecule has 0 atom stereocenters. The van der Waals surface area contributed by atoms with Gasteiger partial charge in [0.25, 0.3) is 0 Å². The van der Waals surface area contributed by atoms with Crippen molar-refractivity contribution in [1.82, 2.24) is 14.9 Å². The van der Waals surface area contributed by atoms with Crippen molar-refractivity contribution in [3.63, 3.8) is 0 Å². The van der Waals surface area contributed by atoms with Crippen LogP contribution in [0.5, 0.6) is 0 Å². The highest BCUT2D eigenvalue weighted by atomic mass is 15.1. The van der Waals surface area contributed by atoms with Crippen molar-refractivity contribution in [1.29, 1.82) is 0 Å². The first-order valence-electron chi connectivity index (χ1n) is 7.06. The zero-order valence-corrected chi connectivity index (χ0v) is 11.0. The van der Waals surface area contributed by atoms with Gasteiger partial charge in [0.2, 0.25) is 0 Å². The second-order valence-corrected chi connectivity index (χ2v) is 5.10. The number of aryl methyl sites for hydroxylation is 2. The van der Waals surface area contributed by atoms with Crippen LogP contribution in [0.15, 0.2) is 24.3 Å². The van der Waals surface area contributed by atoms with Crippen molar-refractivity contribution in [2.45, 2.75) is 45.2 Å². The minimum Gasteiger partial charge on any atom is -0.328 e. The number of hydrogen-bond donors (Lipinski definition) is 1. The Morgan fingerprint density at radius 2 is 2.17 bits per heavy atom. The zero-order chi connectivity index (χ0) is 12.4. The Kier molecular flexibility index (Phi) is 3.33. The molecule has 1 aliphatic rings. The van der Waals surface area contributed by atoms with Crippen LogP contribution in [0.3, 0.4) is 0 Å². The van der Waals surface area contributed by atoms with Crippen LogP contribution in [0.25, 0.3) is 11.0 Å². The number of aromatic nitrogens is 2. The van der Waals surface area contributed by atoms with Crippen molar-refractivity contribution in [2.75, 3.05) is 6.54 Å².